The van der Waals surface area contributed by atoms with E-state index < -0.39 is 0 Å². The fraction of sp³-hybridized carbons (Fsp3) is 0.857. The quantitative estimate of drug-likeness (QED) is 0.741. The zero-order chi connectivity index (χ0) is 12.8. The maximum atomic E-state index is 5.43. The summed E-state index contributed by atoms with van der Waals surface area (Å²) in [5, 5.41) is 3.41. The van der Waals surface area contributed by atoms with Gasteiger partial charge < -0.3 is 10.1 Å². The molecular weight excluding hydrogens is 226 g/mol. The molecule has 0 bridgehead atoms. The Morgan fingerprint density at radius 3 is 2.50 bits per heavy atom. The second-order valence-corrected chi connectivity index (χ2v) is 5.21. The summed E-state index contributed by atoms with van der Waals surface area (Å²) in [6.45, 7) is 14.1. The molecule has 0 amide bonds. The summed E-state index contributed by atoms with van der Waals surface area (Å²) in [6.07, 6.45) is 2.31. The van der Waals surface area contributed by atoms with Crippen LogP contribution < -0.4 is 5.32 Å². The molecule has 0 aromatic heterocycles. The van der Waals surface area contributed by atoms with Gasteiger partial charge in [-0.1, -0.05) is 6.08 Å². The van der Waals surface area contributed by atoms with Crippen LogP contribution in [0.2, 0.25) is 0 Å². The molecule has 0 saturated carbocycles. The summed E-state index contributed by atoms with van der Waals surface area (Å²) in [4.78, 5) is 5.10. The maximum Gasteiger partial charge on any atom is 0.0594 e. The van der Waals surface area contributed by atoms with Crippen LogP contribution in [0, 0.1) is 0 Å². The molecule has 0 spiro atoms. The van der Waals surface area contributed by atoms with Crippen molar-refractivity contribution in [3.63, 3.8) is 0 Å². The molecule has 104 valence electrons. The fourth-order valence-corrected chi connectivity index (χ4v) is 2.79. The van der Waals surface area contributed by atoms with Crippen molar-refractivity contribution in [1.29, 1.82) is 0 Å². The fourth-order valence-electron chi connectivity index (χ4n) is 2.79. The van der Waals surface area contributed by atoms with Crippen molar-refractivity contribution in [1.82, 2.24) is 15.1 Å². The zero-order valence-electron chi connectivity index (χ0n) is 11.8. The molecule has 0 aromatic carbocycles. The maximum absolute atomic E-state index is 5.43. The number of morpholine rings is 1. The summed E-state index contributed by atoms with van der Waals surface area (Å²) in [5.41, 5.74) is 1.55. The molecule has 18 heavy (non-hydrogen) atoms. The van der Waals surface area contributed by atoms with E-state index >= 15 is 0 Å². The lowest BCUT2D eigenvalue weighted by Crippen LogP contribution is -2.48. The van der Waals surface area contributed by atoms with Crippen LogP contribution in [0.3, 0.4) is 0 Å². The average Bonchev–Trinajstić information content (AvgIpc) is 2.46. The van der Waals surface area contributed by atoms with Crippen LogP contribution in [0.4, 0.5) is 0 Å². The van der Waals surface area contributed by atoms with E-state index in [-0.39, 0.29) is 0 Å². The van der Waals surface area contributed by atoms with Crippen LogP contribution in [0.1, 0.15) is 13.8 Å². The van der Waals surface area contributed by atoms with Crippen molar-refractivity contribution in [2.45, 2.75) is 19.9 Å². The van der Waals surface area contributed by atoms with E-state index in [1.807, 2.05) is 0 Å². The minimum Gasteiger partial charge on any atom is -0.379 e. The molecule has 2 fully saturated rings. The number of hydrogen-bond donors (Lipinski definition) is 1. The molecule has 0 radical (unpaired) electrons. The van der Waals surface area contributed by atoms with Gasteiger partial charge in [0.2, 0.25) is 0 Å². The van der Waals surface area contributed by atoms with E-state index in [2.05, 4.69) is 35.0 Å². The number of nitrogens with one attached hydrogen (secondary N) is 1. The second-order valence-electron chi connectivity index (χ2n) is 5.21. The van der Waals surface area contributed by atoms with Crippen LogP contribution in [0.15, 0.2) is 11.6 Å². The normalized spacial score (nSPS) is 26.2. The van der Waals surface area contributed by atoms with Gasteiger partial charge in [-0.25, -0.2) is 0 Å². The lowest BCUT2D eigenvalue weighted by molar-refractivity contribution is 0.0255. The van der Waals surface area contributed by atoms with Crippen molar-refractivity contribution in [3.8, 4) is 0 Å². The minimum atomic E-state index is 0.550. The van der Waals surface area contributed by atoms with E-state index in [1.54, 1.807) is 5.57 Å². The van der Waals surface area contributed by atoms with Crippen LogP contribution in [-0.4, -0.2) is 74.9 Å². The predicted octanol–water partition coefficient (Wildman–Crippen LogP) is 0.559. The molecule has 0 aliphatic carbocycles. The van der Waals surface area contributed by atoms with Crippen molar-refractivity contribution >= 4 is 0 Å². The van der Waals surface area contributed by atoms with Gasteiger partial charge in [-0.05, 0) is 19.4 Å². The number of nitrogens with zero attached hydrogens (tertiary/aromatic N) is 2. The van der Waals surface area contributed by atoms with Crippen LogP contribution in [0.25, 0.3) is 0 Å². The van der Waals surface area contributed by atoms with Gasteiger partial charge >= 0.3 is 0 Å². The van der Waals surface area contributed by atoms with E-state index in [1.165, 1.54) is 13.1 Å². The molecule has 1 atom stereocenters. The lowest BCUT2D eigenvalue weighted by atomic mass is 10.1. The average molecular weight is 253 g/mol. The molecule has 2 saturated heterocycles. The summed E-state index contributed by atoms with van der Waals surface area (Å²) in [7, 11) is 0. The molecular formula is C14H27N3O. The topological polar surface area (TPSA) is 27.7 Å². The predicted molar refractivity (Wildman–Crippen MR) is 74.9 cm³/mol. The highest BCUT2D eigenvalue weighted by molar-refractivity contribution is 5.11. The third-order valence-corrected chi connectivity index (χ3v) is 4.12. The zero-order valence-corrected chi connectivity index (χ0v) is 11.8. The Hall–Kier alpha value is -0.420. The van der Waals surface area contributed by atoms with Gasteiger partial charge in [0.05, 0.1) is 13.2 Å². The molecule has 4 nitrogen and oxygen atoms in total. The molecule has 2 heterocycles. The van der Waals surface area contributed by atoms with Gasteiger partial charge in [0.15, 0.2) is 0 Å². The van der Waals surface area contributed by atoms with Crippen LogP contribution in [-0.2, 0) is 4.74 Å². The Kier molecular flexibility index (Phi) is 5.63. The smallest absolute Gasteiger partial charge is 0.0594 e. The Morgan fingerprint density at radius 1 is 1.22 bits per heavy atom. The summed E-state index contributed by atoms with van der Waals surface area (Å²) < 4.78 is 5.43. The first-order valence-corrected chi connectivity index (χ1v) is 7.21. The summed E-state index contributed by atoms with van der Waals surface area (Å²) >= 11 is 0. The highest BCUT2D eigenvalue weighted by Crippen LogP contribution is 2.14. The molecule has 2 rings (SSSR count). The van der Waals surface area contributed by atoms with Gasteiger partial charge in [-0.3, -0.25) is 9.80 Å². The second kappa shape index (κ2) is 7.24. The highest BCUT2D eigenvalue weighted by atomic mass is 16.5. The number of hydrogen-bond acceptors (Lipinski definition) is 4. The standard InChI is InChI=1S/C14H27N3O/c1-3-14(12-16-6-4-15-5-7-16)13(2)17-8-10-18-11-9-17/h3,13,15H,4-12H2,1-2H3/b14-3-. The minimum absolute atomic E-state index is 0.550. The molecule has 2 aliphatic heterocycles. The Bertz CT molecular complexity index is 268. The van der Waals surface area contributed by atoms with E-state index in [9.17, 15) is 0 Å². The van der Waals surface area contributed by atoms with Gasteiger partial charge in [0.25, 0.3) is 0 Å². The first-order chi connectivity index (χ1) is 8.81. The molecule has 0 aromatic rings. The van der Waals surface area contributed by atoms with Crippen molar-refractivity contribution in [2.75, 3.05) is 59.0 Å². The van der Waals surface area contributed by atoms with Gasteiger partial charge in [-0.2, -0.15) is 0 Å². The molecule has 2 aliphatic rings. The summed E-state index contributed by atoms with van der Waals surface area (Å²) in [5.74, 6) is 0. The largest absolute Gasteiger partial charge is 0.379 e. The lowest BCUT2D eigenvalue weighted by Gasteiger charge is -2.36. The van der Waals surface area contributed by atoms with Gasteiger partial charge in [-0.15, -0.1) is 0 Å². The first-order valence-electron chi connectivity index (χ1n) is 7.21. The number of rotatable bonds is 4. The van der Waals surface area contributed by atoms with Crippen LogP contribution >= 0.6 is 0 Å². The van der Waals surface area contributed by atoms with Crippen molar-refractivity contribution in [2.24, 2.45) is 0 Å². The Balaban J connectivity index is 1.86. The van der Waals surface area contributed by atoms with Crippen molar-refractivity contribution in [3.05, 3.63) is 11.6 Å². The number of piperazine rings is 1. The first kappa shape index (κ1) is 14.0. The Labute approximate surface area is 111 Å². The highest BCUT2D eigenvalue weighted by Gasteiger charge is 2.21. The Morgan fingerprint density at radius 2 is 1.89 bits per heavy atom. The third-order valence-electron chi connectivity index (χ3n) is 4.12. The molecule has 1 unspecified atom stereocenters. The number of ether oxygens (including phenoxy) is 1. The number of allylic oxidation sites excluding steroid dienone is 1. The monoisotopic (exact) mass is 253 g/mol. The van der Waals surface area contributed by atoms with E-state index in [0.29, 0.717) is 6.04 Å². The third kappa shape index (κ3) is 3.79. The van der Waals surface area contributed by atoms with E-state index in [0.717, 1.165) is 45.9 Å². The van der Waals surface area contributed by atoms with Crippen molar-refractivity contribution < 1.29 is 4.74 Å². The molecule has 1 N–H and O–H groups in total. The van der Waals surface area contributed by atoms with E-state index in [4.69, 9.17) is 4.74 Å². The summed E-state index contributed by atoms with van der Waals surface area (Å²) in [6, 6.07) is 0.550. The molecule has 4 heteroatoms. The van der Waals surface area contributed by atoms with Crippen LogP contribution in [0.5, 0.6) is 0 Å². The van der Waals surface area contributed by atoms with Gasteiger partial charge in [0, 0.05) is 51.9 Å². The SMILES string of the molecule is C/C=C(/CN1CCNCC1)C(C)N1CCOCC1. The van der Waals surface area contributed by atoms with Gasteiger partial charge in [0.1, 0.15) is 0 Å².